The minimum atomic E-state index is -4.36. The van der Waals surface area contributed by atoms with Gasteiger partial charge in [0.05, 0.1) is 11.7 Å². The Morgan fingerprint density at radius 1 is 1.35 bits per heavy atom. The van der Waals surface area contributed by atoms with E-state index < -0.39 is 23.4 Å². The van der Waals surface area contributed by atoms with E-state index in [1.54, 1.807) is 6.07 Å². The molecule has 1 aliphatic rings. The van der Waals surface area contributed by atoms with Crippen molar-refractivity contribution in [2.45, 2.75) is 37.6 Å². The molecule has 1 saturated carbocycles. The van der Waals surface area contributed by atoms with E-state index in [1.807, 2.05) is 0 Å². The lowest BCUT2D eigenvalue weighted by molar-refractivity contribution is -0.138. The fraction of sp³-hybridized carbons (Fsp3) is 0.500. The van der Waals surface area contributed by atoms with Crippen LogP contribution in [-0.4, -0.2) is 11.2 Å². The number of halogens is 3. The van der Waals surface area contributed by atoms with Crippen molar-refractivity contribution >= 4 is 0 Å². The van der Waals surface area contributed by atoms with E-state index >= 15 is 0 Å². The molecule has 5 heteroatoms. The first-order chi connectivity index (χ1) is 7.72. The molecule has 1 aromatic rings. The summed E-state index contributed by atoms with van der Waals surface area (Å²) in [5.41, 5.74) is 5.12. The summed E-state index contributed by atoms with van der Waals surface area (Å²) in [7, 11) is 0. The average Bonchev–Trinajstić information content (AvgIpc) is 2.14. The SMILES string of the molecule is Cc1ccc(C2(N)CC(O)C2)cc1C(F)(F)F. The van der Waals surface area contributed by atoms with E-state index in [0.717, 1.165) is 6.07 Å². The smallest absolute Gasteiger partial charge is 0.393 e. The fourth-order valence-corrected chi connectivity index (χ4v) is 2.25. The van der Waals surface area contributed by atoms with Crippen LogP contribution < -0.4 is 5.73 Å². The van der Waals surface area contributed by atoms with Crippen molar-refractivity contribution in [3.05, 3.63) is 34.9 Å². The summed E-state index contributed by atoms with van der Waals surface area (Å²) in [5.74, 6) is 0. The van der Waals surface area contributed by atoms with Gasteiger partial charge in [-0.1, -0.05) is 12.1 Å². The predicted molar refractivity (Wildman–Crippen MR) is 57.3 cm³/mol. The van der Waals surface area contributed by atoms with Gasteiger partial charge in [-0.15, -0.1) is 0 Å². The van der Waals surface area contributed by atoms with Crippen LogP contribution >= 0.6 is 0 Å². The average molecular weight is 245 g/mol. The lowest BCUT2D eigenvalue weighted by Crippen LogP contribution is -2.51. The molecule has 1 fully saturated rings. The normalized spacial score (nSPS) is 28.9. The van der Waals surface area contributed by atoms with E-state index in [-0.39, 0.29) is 5.56 Å². The van der Waals surface area contributed by atoms with E-state index in [9.17, 15) is 18.3 Å². The largest absolute Gasteiger partial charge is 0.416 e. The van der Waals surface area contributed by atoms with Gasteiger partial charge < -0.3 is 10.8 Å². The summed E-state index contributed by atoms with van der Waals surface area (Å²) in [5, 5.41) is 9.23. The second-order valence-electron chi connectivity index (χ2n) is 4.75. The van der Waals surface area contributed by atoms with Crippen LogP contribution in [0.15, 0.2) is 18.2 Å². The molecule has 0 saturated heterocycles. The number of hydrogen-bond acceptors (Lipinski definition) is 2. The zero-order valence-electron chi connectivity index (χ0n) is 9.38. The van der Waals surface area contributed by atoms with Crippen molar-refractivity contribution in [3.63, 3.8) is 0 Å². The van der Waals surface area contributed by atoms with Gasteiger partial charge in [0.15, 0.2) is 0 Å². The van der Waals surface area contributed by atoms with Gasteiger partial charge in [0, 0.05) is 5.54 Å². The molecule has 2 nitrogen and oxygen atoms in total. The Balaban J connectivity index is 2.39. The lowest BCUT2D eigenvalue weighted by atomic mass is 9.70. The van der Waals surface area contributed by atoms with Crippen molar-refractivity contribution in [2.24, 2.45) is 5.73 Å². The van der Waals surface area contributed by atoms with E-state index in [1.165, 1.54) is 13.0 Å². The number of aliphatic hydroxyl groups is 1. The molecule has 0 aliphatic heterocycles. The van der Waals surface area contributed by atoms with Gasteiger partial charge in [0.1, 0.15) is 0 Å². The van der Waals surface area contributed by atoms with Gasteiger partial charge in [0.2, 0.25) is 0 Å². The summed E-state index contributed by atoms with van der Waals surface area (Å²) >= 11 is 0. The highest BCUT2D eigenvalue weighted by molar-refractivity contribution is 5.38. The van der Waals surface area contributed by atoms with Crippen molar-refractivity contribution in [1.29, 1.82) is 0 Å². The molecule has 94 valence electrons. The second kappa shape index (κ2) is 3.71. The molecular weight excluding hydrogens is 231 g/mol. The summed E-state index contributed by atoms with van der Waals surface area (Å²) in [6.07, 6.45) is -4.24. The summed E-state index contributed by atoms with van der Waals surface area (Å²) in [4.78, 5) is 0. The Kier molecular flexibility index (Phi) is 2.71. The summed E-state index contributed by atoms with van der Waals surface area (Å²) in [6.45, 7) is 1.42. The highest BCUT2D eigenvalue weighted by Crippen LogP contribution is 2.41. The molecule has 1 aliphatic carbocycles. The van der Waals surface area contributed by atoms with Crippen LogP contribution in [0.25, 0.3) is 0 Å². The van der Waals surface area contributed by atoms with E-state index in [0.29, 0.717) is 18.4 Å². The minimum absolute atomic E-state index is 0.185. The number of rotatable bonds is 1. The van der Waals surface area contributed by atoms with Crippen LogP contribution in [-0.2, 0) is 11.7 Å². The Hall–Kier alpha value is -1.07. The molecule has 2 rings (SSSR count). The number of aliphatic hydroxyl groups excluding tert-OH is 1. The van der Waals surface area contributed by atoms with Gasteiger partial charge in [-0.25, -0.2) is 0 Å². The van der Waals surface area contributed by atoms with E-state index in [2.05, 4.69) is 0 Å². The van der Waals surface area contributed by atoms with Crippen LogP contribution in [0.5, 0.6) is 0 Å². The zero-order valence-corrected chi connectivity index (χ0v) is 9.38. The van der Waals surface area contributed by atoms with Crippen LogP contribution in [0.3, 0.4) is 0 Å². The Morgan fingerprint density at radius 3 is 2.41 bits per heavy atom. The van der Waals surface area contributed by atoms with Gasteiger partial charge in [-0.2, -0.15) is 13.2 Å². The Labute approximate surface area is 97.2 Å². The fourth-order valence-electron chi connectivity index (χ4n) is 2.25. The number of hydrogen-bond donors (Lipinski definition) is 2. The number of benzene rings is 1. The zero-order chi connectivity index (χ0) is 12.8. The Bertz CT molecular complexity index is 436. The maximum absolute atomic E-state index is 12.7. The molecule has 0 unspecified atom stereocenters. The summed E-state index contributed by atoms with van der Waals surface area (Å²) < 4.78 is 38.2. The molecule has 0 spiro atoms. The molecule has 0 heterocycles. The first-order valence-electron chi connectivity index (χ1n) is 5.38. The highest BCUT2D eigenvalue weighted by atomic mass is 19.4. The first-order valence-corrected chi connectivity index (χ1v) is 5.38. The monoisotopic (exact) mass is 245 g/mol. The molecule has 17 heavy (non-hydrogen) atoms. The van der Waals surface area contributed by atoms with Crippen molar-refractivity contribution < 1.29 is 18.3 Å². The summed E-state index contributed by atoms with van der Waals surface area (Å²) in [6, 6.07) is 4.13. The molecule has 0 bridgehead atoms. The molecule has 1 aromatic carbocycles. The van der Waals surface area contributed by atoms with Crippen LogP contribution in [0, 0.1) is 6.92 Å². The van der Waals surface area contributed by atoms with Crippen molar-refractivity contribution in [3.8, 4) is 0 Å². The van der Waals surface area contributed by atoms with Crippen LogP contribution in [0.2, 0.25) is 0 Å². The van der Waals surface area contributed by atoms with Gasteiger partial charge in [-0.3, -0.25) is 0 Å². The first kappa shape index (κ1) is 12.4. The molecule has 0 atom stereocenters. The standard InChI is InChI=1S/C12H14F3NO/c1-7-2-3-8(4-10(7)12(13,14)15)11(16)5-9(17)6-11/h2-4,9,17H,5-6,16H2,1H3. The maximum atomic E-state index is 12.7. The molecule has 3 N–H and O–H groups in total. The van der Waals surface area contributed by atoms with Gasteiger partial charge in [0.25, 0.3) is 0 Å². The molecular formula is C12H14F3NO. The lowest BCUT2D eigenvalue weighted by Gasteiger charge is -2.43. The van der Waals surface area contributed by atoms with Gasteiger partial charge >= 0.3 is 6.18 Å². The quantitative estimate of drug-likeness (QED) is 0.797. The maximum Gasteiger partial charge on any atom is 0.416 e. The van der Waals surface area contributed by atoms with Crippen molar-refractivity contribution in [1.82, 2.24) is 0 Å². The van der Waals surface area contributed by atoms with Gasteiger partial charge in [-0.05, 0) is 37.0 Å². The van der Waals surface area contributed by atoms with E-state index in [4.69, 9.17) is 5.73 Å². The predicted octanol–water partition coefficient (Wildman–Crippen LogP) is 2.32. The number of alkyl halides is 3. The third-order valence-corrected chi connectivity index (χ3v) is 3.32. The highest BCUT2D eigenvalue weighted by Gasteiger charge is 2.43. The topological polar surface area (TPSA) is 46.2 Å². The van der Waals surface area contributed by atoms with Crippen molar-refractivity contribution in [2.75, 3.05) is 0 Å². The number of nitrogens with two attached hydrogens (primary N) is 1. The molecule has 0 radical (unpaired) electrons. The van der Waals surface area contributed by atoms with Crippen LogP contribution in [0.1, 0.15) is 29.5 Å². The third kappa shape index (κ3) is 2.17. The molecule has 0 amide bonds. The van der Waals surface area contributed by atoms with Crippen LogP contribution in [0.4, 0.5) is 13.2 Å². The Morgan fingerprint density at radius 2 is 1.94 bits per heavy atom. The molecule has 0 aromatic heterocycles. The minimum Gasteiger partial charge on any atom is -0.393 e. The second-order valence-corrected chi connectivity index (χ2v) is 4.75. The third-order valence-electron chi connectivity index (χ3n) is 3.32. The number of aryl methyl sites for hydroxylation is 1.